The number of aromatic amines is 1. The van der Waals surface area contributed by atoms with Crippen LogP contribution in [-0.4, -0.2) is 15.8 Å². The number of hydrogen-bond acceptors (Lipinski definition) is 2. The number of nitrogens with one attached hydrogen (secondary N) is 1. The summed E-state index contributed by atoms with van der Waals surface area (Å²) in [6, 6.07) is 22.4. The summed E-state index contributed by atoms with van der Waals surface area (Å²) in [4.78, 5) is 20.4. The van der Waals surface area contributed by atoms with Crippen LogP contribution in [-0.2, 0) is 0 Å². The first-order chi connectivity index (χ1) is 12.7. The van der Waals surface area contributed by atoms with Crippen LogP contribution in [0.25, 0.3) is 23.2 Å². The van der Waals surface area contributed by atoms with Crippen molar-refractivity contribution in [1.29, 1.82) is 0 Å². The molecule has 0 aliphatic heterocycles. The minimum Gasteiger partial charge on any atom is -0.338 e. The van der Waals surface area contributed by atoms with Gasteiger partial charge in [-0.15, -0.1) is 0 Å². The van der Waals surface area contributed by atoms with E-state index in [0.29, 0.717) is 16.1 Å². The zero-order valence-corrected chi connectivity index (χ0v) is 14.6. The number of benzene rings is 3. The van der Waals surface area contributed by atoms with Crippen LogP contribution >= 0.6 is 11.6 Å². The Morgan fingerprint density at radius 3 is 2.42 bits per heavy atom. The molecule has 26 heavy (non-hydrogen) atoms. The van der Waals surface area contributed by atoms with Gasteiger partial charge in [0.15, 0.2) is 5.78 Å². The topological polar surface area (TPSA) is 45.8 Å². The van der Waals surface area contributed by atoms with Gasteiger partial charge in [-0.2, -0.15) is 0 Å². The molecule has 4 aromatic rings. The van der Waals surface area contributed by atoms with E-state index in [2.05, 4.69) is 9.97 Å². The third kappa shape index (κ3) is 3.44. The van der Waals surface area contributed by atoms with Gasteiger partial charge < -0.3 is 4.98 Å². The van der Waals surface area contributed by atoms with Gasteiger partial charge in [-0.1, -0.05) is 60.1 Å². The Morgan fingerprint density at radius 1 is 0.885 bits per heavy atom. The number of imidazole rings is 1. The average Bonchev–Trinajstić information content (AvgIpc) is 3.10. The molecule has 0 aliphatic rings. The Hall–Kier alpha value is -3.17. The van der Waals surface area contributed by atoms with E-state index in [-0.39, 0.29) is 5.78 Å². The van der Waals surface area contributed by atoms with Crippen LogP contribution in [0.4, 0.5) is 0 Å². The first kappa shape index (κ1) is 16.3. The van der Waals surface area contributed by atoms with Gasteiger partial charge >= 0.3 is 0 Å². The third-order valence-corrected chi connectivity index (χ3v) is 4.35. The van der Waals surface area contributed by atoms with Crippen molar-refractivity contribution >= 4 is 40.6 Å². The van der Waals surface area contributed by atoms with Crippen molar-refractivity contribution < 1.29 is 4.79 Å². The maximum absolute atomic E-state index is 12.6. The van der Waals surface area contributed by atoms with Crippen molar-refractivity contribution in [2.75, 3.05) is 0 Å². The molecule has 4 rings (SSSR count). The molecule has 3 nitrogen and oxygen atoms in total. The zero-order chi connectivity index (χ0) is 17.9. The summed E-state index contributed by atoms with van der Waals surface area (Å²) in [5.41, 5.74) is 4.01. The highest BCUT2D eigenvalue weighted by molar-refractivity contribution is 6.30. The van der Waals surface area contributed by atoms with E-state index in [4.69, 9.17) is 11.6 Å². The van der Waals surface area contributed by atoms with Crippen molar-refractivity contribution in [3.63, 3.8) is 0 Å². The van der Waals surface area contributed by atoms with Crippen LogP contribution in [0.1, 0.15) is 27.3 Å². The molecule has 0 fully saturated rings. The van der Waals surface area contributed by atoms with E-state index >= 15 is 0 Å². The second-order valence-corrected chi connectivity index (χ2v) is 6.37. The van der Waals surface area contributed by atoms with Gasteiger partial charge in [0.25, 0.3) is 0 Å². The number of rotatable bonds is 4. The summed E-state index contributed by atoms with van der Waals surface area (Å²) < 4.78 is 0. The number of H-pyrrole nitrogens is 1. The maximum Gasteiger partial charge on any atom is 0.193 e. The molecule has 1 heterocycles. The standard InChI is InChI=1S/C22H15ClN2O/c23-18-10-6-15(7-11-18)8-13-21-24-19-12-9-17(14-20(19)25-21)22(26)16-4-2-1-3-5-16/h1-14H,(H,24,25)/b13-8+. The fraction of sp³-hybridized carbons (Fsp3) is 0. The Labute approximate surface area is 156 Å². The molecule has 126 valence electrons. The van der Waals surface area contributed by atoms with Gasteiger partial charge in [0, 0.05) is 16.1 Å². The lowest BCUT2D eigenvalue weighted by Crippen LogP contribution is -2.00. The maximum atomic E-state index is 12.6. The van der Waals surface area contributed by atoms with Crippen LogP contribution < -0.4 is 0 Å². The van der Waals surface area contributed by atoms with Gasteiger partial charge in [-0.3, -0.25) is 4.79 Å². The highest BCUT2D eigenvalue weighted by Crippen LogP contribution is 2.18. The van der Waals surface area contributed by atoms with E-state index in [0.717, 1.165) is 22.4 Å². The monoisotopic (exact) mass is 358 g/mol. The van der Waals surface area contributed by atoms with E-state index in [1.165, 1.54) is 0 Å². The number of carbonyl (C=O) groups excluding carboxylic acids is 1. The molecule has 0 bridgehead atoms. The number of aromatic nitrogens is 2. The van der Waals surface area contributed by atoms with Crippen molar-refractivity contribution in [2.24, 2.45) is 0 Å². The molecule has 0 unspecified atom stereocenters. The summed E-state index contributed by atoms with van der Waals surface area (Å²) in [5.74, 6) is 0.736. The van der Waals surface area contributed by atoms with Crippen LogP contribution in [0.2, 0.25) is 5.02 Å². The Balaban J connectivity index is 1.61. The molecule has 0 amide bonds. The SMILES string of the molecule is O=C(c1ccccc1)c1ccc2nc(/C=C/c3ccc(Cl)cc3)[nH]c2c1. The molecule has 0 atom stereocenters. The molecule has 4 heteroatoms. The largest absolute Gasteiger partial charge is 0.338 e. The van der Waals surface area contributed by atoms with Crippen molar-refractivity contribution in [1.82, 2.24) is 9.97 Å². The number of ketones is 1. The van der Waals surface area contributed by atoms with Crippen LogP contribution in [0.3, 0.4) is 0 Å². The zero-order valence-electron chi connectivity index (χ0n) is 13.8. The lowest BCUT2D eigenvalue weighted by Gasteiger charge is -2.00. The molecule has 3 aromatic carbocycles. The van der Waals surface area contributed by atoms with E-state index < -0.39 is 0 Å². The third-order valence-electron chi connectivity index (χ3n) is 4.10. The molecule has 0 spiro atoms. The van der Waals surface area contributed by atoms with Crippen molar-refractivity contribution in [3.8, 4) is 0 Å². The number of fused-ring (bicyclic) bond motifs is 1. The van der Waals surface area contributed by atoms with Crippen LogP contribution in [0.15, 0.2) is 72.8 Å². The predicted molar refractivity (Wildman–Crippen MR) is 106 cm³/mol. The van der Waals surface area contributed by atoms with Gasteiger partial charge in [-0.05, 0) is 42.0 Å². The van der Waals surface area contributed by atoms with Gasteiger partial charge in [0.05, 0.1) is 11.0 Å². The van der Waals surface area contributed by atoms with Crippen LogP contribution in [0, 0.1) is 0 Å². The summed E-state index contributed by atoms with van der Waals surface area (Å²) >= 11 is 5.90. The van der Waals surface area contributed by atoms with E-state index in [9.17, 15) is 4.79 Å². The quantitative estimate of drug-likeness (QED) is 0.481. The normalized spacial score (nSPS) is 11.3. The minimum atomic E-state index is 0.000330. The summed E-state index contributed by atoms with van der Waals surface area (Å²) in [6.45, 7) is 0. The molecule has 1 aromatic heterocycles. The lowest BCUT2D eigenvalue weighted by atomic mass is 10.0. The highest BCUT2D eigenvalue weighted by atomic mass is 35.5. The van der Waals surface area contributed by atoms with Gasteiger partial charge in [0.1, 0.15) is 5.82 Å². The second-order valence-electron chi connectivity index (χ2n) is 5.93. The molecule has 0 radical (unpaired) electrons. The molecule has 0 saturated heterocycles. The molecule has 0 aliphatic carbocycles. The first-order valence-corrected chi connectivity index (χ1v) is 8.60. The fourth-order valence-electron chi connectivity index (χ4n) is 2.75. The summed E-state index contributed by atoms with van der Waals surface area (Å²) in [7, 11) is 0. The Morgan fingerprint density at radius 2 is 1.65 bits per heavy atom. The predicted octanol–water partition coefficient (Wildman–Crippen LogP) is 5.62. The average molecular weight is 359 g/mol. The number of carbonyl (C=O) groups is 1. The molecule has 0 saturated carbocycles. The lowest BCUT2D eigenvalue weighted by molar-refractivity contribution is 0.103. The summed E-state index contributed by atoms with van der Waals surface area (Å²) in [5, 5.41) is 0.710. The van der Waals surface area contributed by atoms with E-state index in [1.807, 2.05) is 84.9 Å². The highest BCUT2D eigenvalue weighted by Gasteiger charge is 2.10. The molecular formula is C22H15ClN2O. The smallest absolute Gasteiger partial charge is 0.193 e. The number of halogens is 1. The Kier molecular flexibility index (Phi) is 4.38. The molecular weight excluding hydrogens is 344 g/mol. The minimum absolute atomic E-state index is 0.000330. The number of hydrogen-bond donors (Lipinski definition) is 1. The van der Waals surface area contributed by atoms with Crippen molar-refractivity contribution in [2.45, 2.75) is 0 Å². The number of nitrogens with zero attached hydrogens (tertiary/aromatic N) is 1. The second kappa shape index (κ2) is 6.98. The van der Waals surface area contributed by atoms with Gasteiger partial charge in [0.2, 0.25) is 0 Å². The van der Waals surface area contributed by atoms with Gasteiger partial charge in [-0.25, -0.2) is 4.98 Å². The molecule has 1 N–H and O–H groups in total. The van der Waals surface area contributed by atoms with Crippen LogP contribution in [0.5, 0.6) is 0 Å². The van der Waals surface area contributed by atoms with E-state index in [1.54, 1.807) is 0 Å². The summed E-state index contributed by atoms with van der Waals surface area (Å²) in [6.07, 6.45) is 3.87. The first-order valence-electron chi connectivity index (χ1n) is 8.22. The van der Waals surface area contributed by atoms with Crippen molar-refractivity contribution in [3.05, 3.63) is 100 Å². The fourth-order valence-corrected chi connectivity index (χ4v) is 2.88. The Bertz CT molecular complexity index is 1100.